The first-order valence-electron chi connectivity index (χ1n) is 11.5. The van der Waals surface area contributed by atoms with E-state index in [1.165, 1.54) is 12.1 Å². The van der Waals surface area contributed by atoms with Crippen molar-refractivity contribution in [1.29, 1.82) is 0 Å². The van der Waals surface area contributed by atoms with Gasteiger partial charge < -0.3 is 10.1 Å². The van der Waals surface area contributed by atoms with Gasteiger partial charge in [-0.25, -0.2) is 8.78 Å². The molecule has 0 aromatic heterocycles. The van der Waals surface area contributed by atoms with Crippen LogP contribution in [0.1, 0.15) is 43.0 Å². The standard InChI is InChI=1S/C27H19F10NO3/c1-13-6-8-15(9-7-13)23(40)38-19-5-3-4-17(22(19)28)20(39)12-18-14(2)10-16(11-21(18)41-24(29)30)25(31,26(32,33)34)27(35,36)37/h3-11,24H,12H2,1-2H3,(H,38,40). The molecule has 3 rings (SSSR count). The van der Waals surface area contributed by atoms with E-state index in [9.17, 15) is 49.1 Å². The minimum atomic E-state index is -6.54. The number of aryl methyl sites for hydroxylation is 2. The highest BCUT2D eigenvalue weighted by Gasteiger charge is 2.73. The molecule has 0 unspecified atom stereocenters. The highest BCUT2D eigenvalue weighted by atomic mass is 19.4. The number of ketones is 1. The van der Waals surface area contributed by atoms with Gasteiger partial charge in [0.2, 0.25) is 0 Å². The van der Waals surface area contributed by atoms with Crippen LogP contribution in [0, 0.1) is 19.7 Å². The summed E-state index contributed by atoms with van der Waals surface area (Å²) in [5.41, 5.74) is -9.49. The minimum absolute atomic E-state index is 0.0937. The lowest BCUT2D eigenvalue weighted by atomic mass is 9.89. The van der Waals surface area contributed by atoms with Crippen LogP contribution in [0.3, 0.4) is 0 Å². The van der Waals surface area contributed by atoms with Crippen molar-refractivity contribution in [2.45, 2.75) is 44.9 Å². The van der Waals surface area contributed by atoms with Gasteiger partial charge in [0.1, 0.15) is 5.75 Å². The molecular weight excluding hydrogens is 576 g/mol. The summed E-state index contributed by atoms with van der Waals surface area (Å²) in [4.78, 5) is 25.4. The molecule has 0 aliphatic carbocycles. The lowest BCUT2D eigenvalue weighted by Crippen LogP contribution is -2.50. The highest BCUT2D eigenvalue weighted by molar-refractivity contribution is 6.05. The maximum Gasteiger partial charge on any atom is 0.435 e. The molecule has 1 N–H and O–H groups in total. The Balaban J connectivity index is 2.01. The molecule has 0 radical (unpaired) electrons. The van der Waals surface area contributed by atoms with Gasteiger partial charge in [-0.1, -0.05) is 29.8 Å². The summed E-state index contributed by atoms with van der Waals surface area (Å²) in [6, 6.07) is 9.25. The van der Waals surface area contributed by atoms with Crippen LogP contribution in [0.2, 0.25) is 0 Å². The Morgan fingerprint density at radius 2 is 1.46 bits per heavy atom. The van der Waals surface area contributed by atoms with E-state index in [1.54, 1.807) is 19.1 Å². The number of rotatable bonds is 8. The number of alkyl halides is 9. The number of nitrogens with one attached hydrogen (secondary N) is 1. The van der Waals surface area contributed by atoms with E-state index in [-0.39, 0.29) is 17.7 Å². The van der Waals surface area contributed by atoms with Crippen molar-refractivity contribution < 1.29 is 58.2 Å². The van der Waals surface area contributed by atoms with Gasteiger partial charge in [-0.05, 0) is 49.7 Å². The normalized spacial score (nSPS) is 12.4. The van der Waals surface area contributed by atoms with Gasteiger partial charge in [-0.3, -0.25) is 9.59 Å². The summed E-state index contributed by atoms with van der Waals surface area (Å²) in [6.45, 7) is -1.18. The number of benzene rings is 3. The molecule has 0 aliphatic rings. The van der Waals surface area contributed by atoms with Gasteiger partial charge in [0.05, 0.1) is 11.3 Å². The SMILES string of the molecule is Cc1ccc(C(=O)Nc2cccc(C(=O)Cc3c(C)cc(C(F)(C(F)(F)F)C(F)(F)F)cc3OC(F)F)c2F)cc1. The van der Waals surface area contributed by atoms with Crippen molar-refractivity contribution in [3.05, 3.63) is 93.8 Å². The van der Waals surface area contributed by atoms with Gasteiger partial charge in [0.15, 0.2) is 11.6 Å². The number of carbonyl (C=O) groups excluding carboxylic acids is 2. The van der Waals surface area contributed by atoms with Crippen molar-refractivity contribution in [2.75, 3.05) is 5.32 Å². The average Bonchev–Trinajstić information content (AvgIpc) is 2.85. The Hall–Kier alpha value is -4.10. The maximum absolute atomic E-state index is 15.2. The molecule has 0 heterocycles. The number of anilines is 1. The van der Waals surface area contributed by atoms with E-state index in [1.807, 2.05) is 0 Å². The third kappa shape index (κ3) is 6.46. The lowest BCUT2D eigenvalue weighted by molar-refractivity contribution is -0.348. The van der Waals surface area contributed by atoms with E-state index in [2.05, 4.69) is 10.1 Å². The molecule has 0 saturated heterocycles. The molecule has 3 aromatic carbocycles. The van der Waals surface area contributed by atoms with Crippen LogP contribution >= 0.6 is 0 Å². The van der Waals surface area contributed by atoms with Gasteiger partial charge >= 0.3 is 24.6 Å². The molecule has 3 aromatic rings. The Kier molecular flexibility index (Phi) is 8.75. The first-order chi connectivity index (χ1) is 18.9. The van der Waals surface area contributed by atoms with Crippen LogP contribution in [0.5, 0.6) is 5.75 Å². The molecule has 14 heteroatoms. The third-order valence-electron chi connectivity index (χ3n) is 6.03. The third-order valence-corrected chi connectivity index (χ3v) is 6.03. The summed E-state index contributed by atoms with van der Waals surface area (Å²) < 4.78 is 139. The summed E-state index contributed by atoms with van der Waals surface area (Å²) in [5.74, 6) is -4.50. The second-order valence-electron chi connectivity index (χ2n) is 8.89. The van der Waals surface area contributed by atoms with Gasteiger partial charge in [-0.2, -0.15) is 35.1 Å². The second kappa shape index (κ2) is 11.4. The fraction of sp³-hybridized carbons (Fsp3) is 0.259. The average molecular weight is 595 g/mol. The van der Waals surface area contributed by atoms with E-state index in [0.717, 1.165) is 30.7 Å². The Labute approximate surface area is 225 Å². The van der Waals surface area contributed by atoms with Crippen LogP contribution in [0.25, 0.3) is 0 Å². The van der Waals surface area contributed by atoms with Crippen molar-refractivity contribution in [2.24, 2.45) is 0 Å². The van der Waals surface area contributed by atoms with Gasteiger partial charge in [0, 0.05) is 23.1 Å². The van der Waals surface area contributed by atoms with Crippen LogP contribution < -0.4 is 10.1 Å². The van der Waals surface area contributed by atoms with Gasteiger partial charge in [0.25, 0.3) is 5.91 Å². The maximum atomic E-state index is 15.2. The first kappa shape index (κ1) is 31.4. The monoisotopic (exact) mass is 595 g/mol. The van der Waals surface area contributed by atoms with Crippen molar-refractivity contribution in [3.63, 3.8) is 0 Å². The molecule has 1 amide bonds. The summed E-state index contributed by atoms with van der Waals surface area (Å²) >= 11 is 0. The molecule has 0 fully saturated rings. The first-order valence-corrected chi connectivity index (χ1v) is 11.5. The Bertz CT molecular complexity index is 1430. The Morgan fingerprint density at radius 1 is 0.878 bits per heavy atom. The van der Waals surface area contributed by atoms with E-state index >= 15 is 4.39 Å². The molecule has 4 nitrogen and oxygen atoms in total. The van der Waals surface area contributed by atoms with Crippen LogP contribution in [-0.2, 0) is 12.1 Å². The number of halogens is 10. The number of ether oxygens (including phenoxy) is 1. The smallest absolute Gasteiger partial charge is 0.435 e. The topological polar surface area (TPSA) is 55.4 Å². The molecular formula is C27H19F10NO3. The zero-order valence-corrected chi connectivity index (χ0v) is 21.0. The number of carbonyl (C=O) groups is 2. The quantitative estimate of drug-likeness (QED) is 0.212. The van der Waals surface area contributed by atoms with Crippen LogP contribution in [0.15, 0.2) is 54.6 Å². The fourth-order valence-electron chi connectivity index (χ4n) is 3.90. The van der Waals surface area contributed by atoms with E-state index < -0.39 is 82.3 Å². The summed E-state index contributed by atoms with van der Waals surface area (Å²) in [5, 5.41) is 2.26. The highest BCUT2D eigenvalue weighted by Crippen LogP contribution is 2.54. The molecule has 41 heavy (non-hydrogen) atoms. The Morgan fingerprint density at radius 3 is 2.00 bits per heavy atom. The fourth-order valence-corrected chi connectivity index (χ4v) is 3.90. The lowest BCUT2D eigenvalue weighted by Gasteiger charge is -2.31. The number of hydrogen-bond donors (Lipinski definition) is 1. The molecule has 0 bridgehead atoms. The van der Waals surface area contributed by atoms with Crippen LogP contribution in [-0.4, -0.2) is 30.7 Å². The summed E-state index contributed by atoms with van der Waals surface area (Å²) in [7, 11) is 0. The predicted octanol–water partition coefficient (Wildman–Crippen LogP) is 8.01. The number of hydrogen-bond acceptors (Lipinski definition) is 3. The largest absolute Gasteiger partial charge is 0.435 e. The molecule has 220 valence electrons. The van der Waals surface area contributed by atoms with Crippen molar-refractivity contribution >= 4 is 17.4 Å². The van der Waals surface area contributed by atoms with Crippen molar-refractivity contribution in [3.8, 4) is 5.75 Å². The second-order valence-corrected chi connectivity index (χ2v) is 8.89. The molecule has 0 aliphatic heterocycles. The predicted molar refractivity (Wildman–Crippen MR) is 126 cm³/mol. The zero-order valence-electron chi connectivity index (χ0n) is 21.0. The van der Waals surface area contributed by atoms with Gasteiger partial charge in [-0.15, -0.1) is 0 Å². The number of amides is 1. The van der Waals surface area contributed by atoms with E-state index in [4.69, 9.17) is 0 Å². The molecule has 0 spiro atoms. The van der Waals surface area contributed by atoms with Crippen LogP contribution in [0.4, 0.5) is 49.6 Å². The minimum Gasteiger partial charge on any atom is -0.435 e. The molecule has 0 saturated carbocycles. The molecule has 0 atom stereocenters. The van der Waals surface area contributed by atoms with E-state index in [0.29, 0.717) is 0 Å². The zero-order chi connectivity index (χ0) is 30.9. The number of Topliss-reactive ketones (excluding diaryl/α,β-unsaturated/α-hetero) is 1. The van der Waals surface area contributed by atoms with Crippen molar-refractivity contribution in [1.82, 2.24) is 0 Å². The summed E-state index contributed by atoms with van der Waals surface area (Å²) in [6.07, 6.45) is -14.1.